The van der Waals surface area contributed by atoms with E-state index in [0.29, 0.717) is 29.8 Å². The number of carbonyl (C=O) groups excluding carboxylic acids is 1. The number of carbonyl (C=O) groups is 1. The van der Waals surface area contributed by atoms with Gasteiger partial charge in [0.25, 0.3) is 5.91 Å². The van der Waals surface area contributed by atoms with Gasteiger partial charge in [0.05, 0.1) is 0 Å². The number of aromatic nitrogens is 2. The first kappa shape index (κ1) is 22.9. The second-order valence-corrected chi connectivity index (χ2v) is 8.87. The van der Waals surface area contributed by atoms with Crippen LogP contribution in [0, 0.1) is 6.92 Å². The first-order valence-corrected chi connectivity index (χ1v) is 11.7. The predicted molar refractivity (Wildman–Crippen MR) is 134 cm³/mol. The van der Waals surface area contributed by atoms with E-state index in [0.717, 1.165) is 37.2 Å². The van der Waals surface area contributed by atoms with Gasteiger partial charge in [0.15, 0.2) is 5.82 Å². The number of aryl methyl sites for hydroxylation is 1. The van der Waals surface area contributed by atoms with E-state index in [1.165, 1.54) is 5.56 Å². The number of benzene rings is 2. The zero-order valence-electron chi connectivity index (χ0n) is 20.0. The molecular weight excluding hydrogens is 410 g/mol. The van der Waals surface area contributed by atoms with E-state index in [-0.39, 0.29) is 5.91 Å². The third-order valence-corrected chi connectivity index (χ3v) is 6.40. The molecule has 0 atom stereocenters. The van der Waals surface area contributed by atoms with E-state index in [1.807, 2.05) is 41.3 Å². The summed E-state index contributed by atoms with van der Waals surface area (Å²) in [4.78, 5) is 29.5. The number of hydrogen-bond donors (Lipinski definition) is 0. The molecule has 6 heteroatoms. The number of amides is 1. The molecule has 2 heterocycles. The van der Waals surface area contributed by atoms with E-state index in [2.05, 4.69) is 60.9 Å². The maximum absolute atomic E-state index is 13.7. The van der Waals surface area contributed by atoms with Crippen LogP contribution in [0.25, 0.3) is 11.4 Å². The second kappa shape index (κ2) is 10.1. The fraction of sp³-hybridized carbons (Fsp3) is 0.370. The lowest BCUT2D eigenvalue weighted by Crippen LogP contribution is -2.44. The summed E-state index contributed by atoms with van der Waals surface area (Å²) in [7, 11) is 4.22. The maximum Gasteiger partial charge on any atom is 0.259 e. The number of rotatable bonds is 6. The van der Waals surface area contributed by atoms with Crippen molar-refractivity contribution < 1.29 is 4.79 Å². The van der Waals surface area contributed by atoms with Gasteiger partial charge in [0.2, 0.25) is 0 Å². The summed E-state index contributed by atoms with van der Waals surface area (Å²) in [5.74, 6) is 1.30. The highest BCUT2D eigenvalue weighted by molar-refractivity contribution is 5.99. The molecule has 0 aliphatic carbocycles. The molecule has 0 spiro atoms. The minimum absolute atomic E-state index is 0.00733. The molecule has 3 aromatic rings. The SMILES string of the molecule is CCN(c1cccc(C)c1)c1nc(-c2ccccc2)ncc1C(=O)N1CCC(N(C)C)CC1. The van der Waals surface area contributed by atoms with E-state index in [4.69, 9.17) is 4.98 Å². The lowest BCUT2D eigenvalue weighted by atomic mass is 10.0. The molecule has 1 saturated heterocycles. The number of hydrogen-bond acceptors (Lipinski definition) is 5. The van der Waals surface area contributed by atoms with Crippen LogP contribution in [0.2, 0.25) is 0 Å². The highest BCUT2D eigenvalue weighted by Gasteiger charge is 2.28. The Balaban J connectivity index is 1.74. The molecule has 0 bridgehead atoms. The summed E-state index contributed by atoms with van der Waals surface area (Å²) in [5.41, 5.74) is 3.68. The van der Waals surface area contributed by atoms with E-state index >= 15 is 0 Å². The summed E-state index contributed by atoms with van der Waals surface area (Å²) >= 11 is 0. The van der Waals surface area contributed by atoms with Crippen molar-refractivity contribution >= 4 is 17.4 Å². The predicted octanol–water partition coefficient (Wildman–Crippen LogP) is 4.78. The molecule has 1 amide bonds. The summed E-state index contributed by atoms with van der Waals surface area (Å²) in [6.07, 6.45) is 3.67. The average Bonchev–Trinajstić information content (AvgIpc) is 2.85. The normalized spacial score (nSPS) is 14.5. The molecule has 0 unspecified atom stereocenters. The second-order valence-electron chi connectivity index (χ2n) is 8.87. The molecular formula is C27H33N5O. The molecule has 4 rings (SSSR count). The van der Waals surface area contributed by atoms with Gasteiger partial charge in [-0.25, -0.2) is 9.97 Å². The van der Waals surface area contributed by atoms with Crippen LogP contribution in [0.15, 0.2) is 60.8 Å². The zero-order chi connectivity index (χ0) is 23.4. The number of anilines is 2. The van der Waals surface area contributed by atoms with Crippen LogP contribution in [0.3, 0.4) is 0 Å². The van der Waals surface area contributed by atoms with Crippen molar-refractivity contribution in [2.24, 2.45) is 0 Å². The van der Waals surface area contributed by atoms with Crippen LogP contribution >= 0.6 is 0 Å². The van der Waals surface area contributed by atoms with Gasteiger partial charge < -0.3 is 14.7 Å². The third-order valence-electron chi connectivity index (χ3n) is 6.40. The van der Waals surface area contributed by atoms with Crippen LogP contribution in [-0.4, -0.2) is 65.4 Å². The Bertz CT molecular complexity index is 1090. The topological polar surface area (TPSA) is 52.6 Å². The Morgan fingerprint density at radius 3 is 2.42 bits per heavy atom. The fourth-order valence-corrected chi connectivity index (χ4v) is 4.46. The van der Waals surface area contributed by atoms with Crippen LogP contribution in [-0.2, 0) is 0 Å². The molecule has 1 aliphatic rings. The van der Waals surface area contributed by atoms with Gasteiger partial charge in [-0.1, -0.05) is 42.5 Å². The minimum atomic E-state index is 0.00733. The van der Waals surface area contributed by atoms with Gasteiger partial charge in [-0.15, -0.1) is 0 Å². The Kier molecular flexibility index (Phi) is 7.04. The quantitative estimate of drug-likeness (QED) is 0.549. The van der Waals surface area contributed by atoms with Gasteiger partial charge in [-0.2, -0.15) is 0 Å². The zero-order valence-corrected chi connectivity index (χ0v) is 20.0. The van der Waals surface area contributed by atoms with Crippen molar-refractivity contribution in [2.75, 3.05) is 38.6 Å². The summed E-state index contributed by atoms with van der Waals surface area (Å²) < 4.78 is 0. The monoisotopic (exact) mass is 443 g/mol. The molecule has 1 aliphatic heterocycles. The molecule has 172 valence electrons. The third kappa shape index (κ3) is 5.06. The maximum atomic E-state index is 13.7. The number of likely N-dealkylation sites (tertiary alicyclic amines) is 1. The number of nitrogens with zero attached hydrogens (tertiary/aromatic N) is 5. The molecule has 0 N–H and O–H groups in total. The highest BCUT2D eigenvalue weighted by atomic mass is 16.2. The van der Waals surface area contributed by atoms with Crippen LogP contribution in [0.4, 0.5) is 11.5 Å². The van der Waals surface area contributed by atoms with Crippen molar-refractivity contribution in [1.82, 2.24) is 19.8 Å². The summed E-state index contributed by atoms with van der Waals surface area (Å²) in [5, 5.41) is 0. The van der Waals surface area contributed by atoms with Crippen molar-refractivity contribution in [2.45, 2.75) is 32.7 Å². The van der Waals surface area contributed by atoms with Crippen molar-refractivity contribution in [3.8, 4) is 11.4 Å². The molecule has 2 aromatic carbocycles. The first-order chi connectivity index (χ1) is 16.0. The van der Waals surface area contributed by atoms with Crippen LogP contribution in [0.1, 0.15) is 35.7 Å². The minimum Gasteiger partial charge on any atom is -0.338 e. The fourth-order valence-electron chi connectivity index (χ4n) is 4.46. The van der Waals surface area contributed by atoms with E-state index in [1.54, 1.807) is 6.20 Å². The van der Waals surface area contributed by atoms with Gasteiger partial charge in [-0.3, -0.25) is 4.79 Å². The molecule has 0 radical (unpaired) electrons. The van der Waals surface area contributed by atoms with Gasteiger partial charge in [0, 0.05) is 43.1 Å². The molecule has 0 saturated carbocycles. The summed E-state index contributed by atoms with van der Waals surface area (Å²) in [6, 6.07) is 18.8. The Morgan fingerprint density at radius 1 is 1.06 bits per heavy atom. The largest absolute Gasteiger partial charge is 0.338 e. The summed E-state index contributed by atoms with van der Waals surface area (Å²) in [6.45, 7) is 6.35. The van der Waals surface area contributed by atoms with Gasteiger partial charge in [-0.05, 0) is 58.5 Å². The standard InChI is InChI=1S/C27H33N5O/c1-5-32(23-13-9-10-20(2)18-23)26-24(19-28-25(29-26)21-11-7-6-8-12-21)27(33)31-16-14-22(15-17-31)30(3)4/h6-13,18-19,22H,5,14-17H2,1-4H3. The number of piperidine rings is 1. The average molecular weight is 444 g/mol. The van der Waals surface area contributed by atoms with E-state index < -0.39 is 0 Å². The molecule has 1 fully saturated rings. The van der Waals surface area contributed by atoms with Crippen molar-refractivity contribution in [1.29, 1.82) is 0 Å². The van der Waals surface area contributed by atoms with E-state index in [9.17, 15) is 4.79 Å². The van der Waals surface area contributed by atoms with Crippen LogP contribution < -0.4 is 4.90 Å². The lowest BCUT2D eigenvalue weighted by molar-refractivity contribution is 0.0663. The Labute approximate surface area is 196 Å². The smallest absolute Gasteiger partial charge is 0.259 e. The van der Waals surface area contributed by atoms with Crippen molar-refractivity contribution in [3.63, 3.8) is 0 Å². The molecule has 33 heavy (non-hydrogen) atoms. The van der Waals surface area contributed by atoms with Gasteiger partial charge >= 0.3 is 0 Å². The Morgan fingerprint density at radius 2 is 1.79 bits per heavy atom. The van der Waals surface area contributed by atoms with Gasteiger partial charge in [0.1, 0.15) is 11.4 Å². The van der Waals surface area contributed by atoms with Crippen molar-refractivity contribution in [3.05, 3.63) is 71.9 Å². The first-order valence-electron chi connectivity index (χ1n) is 11.7. The molecule has 6 nitrogen and oxygen atoms in total. The lowest BCUT2D eigenvalue weighted by Gasteiger charge is -2.35. The highest BCUT2D eigenvalue weighted by Crippen LogP contribution is 2.30. The van der Waals surface area contributed by atoms with Crippen LogP contribution in [0.5, 0.6) is 0 Å². The Hall–Kier alpha value is -3.25. The molecule has 1 aromatic heterocycles.